The molecule has 2 heterocycles. The molecule has 8 nitrogen and oxygen atoms in total. The van der Waals surface area contributed by atoms with Crippen LogP contribution in [0.1, 0.15) is 21.9 Å². The number of aromatic nitrogens is 2. The first-order valence-corrected chi connectivity index (χ1v) is 10.0. The zero-order valence-electron chi connectivity index (χ0n) is 14.4. The fourth-order valence-corrected chi connectivity index (χ4v) is 3.86. The van der Waals surface area contributed by atoms with Crippen LogP contribution in [0.25, 0.3) is 0 Å². The maximum absolute atomic E-state index is 12.4. The number of hydrogen-bond donors (Lipinski definition) is 2. The Morgan fingerprint density at radius 3 is 2.26 bits per heavy atom. The lowest BCUT2D eigenvalue weighted by molar-refractivity contribution is 0.102. The average molecular weight is 451 g/mol. The molecule has 0 unspecified atom stereocenters. The van der Waals surface area contributed by atoms with Gasteiger partial charge in [-0.2, -0.15) is 0 Å². The van der Waals surface area contributed by atoms with Crippen molar-refractivity contribution in [3.8, 4) is 0 Å². The molecule has 0 saturated carbocycles. The molecule has 0 bridgehead atoms. The molecule has 0 saturated heterocycles. The van der Waals surface area contributed by atoms with Gasteiger partial charge in [0.15, 0.2) is 0 Å². The summed E-state index contributed by atoms with van der Waals surface area (Å²) in [7, 11) is -3.83. The number of anilines is 2. The molecule has 27 heavy (non-hydrogen) atoms. The Balaban J connectivity index is 1.76. The van der Waals surface area contributed by atoms with Crippen LogP contribution in [0.2, 0.25) is 0 Å². The molecule has 1 aromatic carbocycles. The van der Waals surface area contributed by atoms with Crippen LogP contribution in [-0.4, -0.2) is 24.3 Å². The highest BCUT2D eigenvalue weighted by molar-refractivity contribution is 9.10. The first-order valence-electron chi connectivity index (χ1n) is 7.74. The second kappa shape index (κ2) is 7.49. The maximum Gasteiger partial charge on any atom is 0.264 e. The van der Waals surface area contributed by atoms with Gasteiger partial charge in [0.2, 0.25) is 5.95 Å². The zero-order valence-corrected chi connectivity index (χ0v) is 16.8. The lowest BCUT2D eigenvalue weighted by Gasteiger charge is -2.08. The molecule has 2 aromatic heterocycles. The number of carbonyl (C=O) groups is 1. The van der Waals surface area contributed by atoms with Gasteiger partial charge >= 0.3 is 0 Å². The summed E-state index contributed by atoms with van der Waals surface area (Å²) in [6.45, 7) is 3.44. The minimum atomic E-state index is -3.83. The quantitative estimate of drug-likeness (QED) is 0.614. The van der Waals surface area contributed by atoms with E-state index < -0.39 is 10.0 Å². The largest absolute Gasteiger partial charge is 0.465 e. The van der Waals surface area contributed by atoms with Crippen molar-refractivity contribution in [1.29, 1.82) is 0 Å². The number of nitrogens with zero attached hydrogens (tertiary/aromatic N) is 2. The third kappa shape index (κ3) is 4.17. The van der Waals surface area contributed by atoms with Crippen LogP contribution in [-0.2, 0) is 10.0 Å². The van der Waals surface area contributed by atoms with Gasteiger partial charge in [-0.1, -0.05) is 0 Å². The van der Waals surface area contributed by atoms with Gasteiger partial charge in [0.25, 0.3) is 15.9 Å². The van der Waals surface area contributed by atoms with Crippen molar-refractivity contribution in [3.63, 3.8) is 0 Å². The van der Waals surface area contributed by atoms with Crippen molar-refractivity contribution in [1.82, 2.24) is 9.97 Å². The van der Waals surface area contributed by atoms with Gasteiger partial charge in [0, 0.05) is 18.1 Å². The Bertz CT molecular complexity index is 1080. The Labute approximate surface area is 164 Å². The van der Waals surface area contributed by atoms with Crippen LogP contribution in [0.15, 0.2) is 56.5 Å². The fourth-order valence-electron chi connectivity index (χ4n) is 2.36. The van der Waals surface area contributed by atoms with Gasteiger partial charge in [-0.25, -0.2) is 23.1 Å². The highest BCUT2D eigenvalue weighted by Crippen LogP contribution is 2.28. The van der Waals surface area contributed by atoms with E-state index in [1.54, 1.807) is 19.9 Å². The van der Waals surface area contributed by atoms with E-state index in [1.807, 2.05) is 0 Å². The number of carbonyl (C=O) groups excluding carboxylic acids is 1. The number of aryl methyl sites for hydroxylation is 2. The minimum absolute atomic E-state index is 0.0180. The molecule has 0 aliphatic carbocycles. The van der Waals surface area contributed by atoms with Crippen LogP contribution >= 0.6 is 15.9 Å². The summed E-state index contributed by atoms with van der Waals surface area (Å²) in [6.07, 6.45) is 2.86. The summed E-state index contributed by atoms with van der Waals surface area (Å²) < 4.78 is 33.0. The van der Waals surface area contributed by atoms with Crippen LogP contribution in [0.4, 0.5) is 11.6 Å². The third-order valence-corrected chi connectivity index (χ3v) is 5.93. The predicted molar refractivity (Wildman–Crippen MR) is 103 cm³/mol. The molecule has 2 N–H and O–H groups in total. The molecular weight excluding hydrogens is 436 g/mol. The number of furan rings is 1. The standard InChI is InChI=1S/C17H15BrN4O4S/c1-10-14(15(18)11(2)26-10)16(23)21-12-4-6-13(7-5-12)27(24,25)22-17-19-8-3-9-20-17/h3-9H,1-2H3,(H,21,23)(H,19,20,22). The summed E-state index contributed by atoms with van der Waals surface area (Å²) in [5.41, 5.74) is 0.840. The molecular formula is C17H15BrN4O4S. The number of amides is 1. The molecule has 0 fully saturated rings. The van der Waals surface area contributed by atoms with E-state index in [9.17, 15) is 13.2 Å². The topological polar surface area (TPSA) is 114 Å². The molecule has 0 aliphatic heterocycles. The highest BCUT2D eigenvalue weighted by Gasteiger charge is 2.20. The van der Waals surface area contributed by atoms with Crippen molar-refractivity contribution in [2.24, 2.45) is 0 Å². The van der Waals surface area contributed by atoms with E-state index in [0.29, 0.717) is 27.2 Å². The van der Waals surface area contributed by atoms with Gasteiger partial charge in [-0.05, 0) is 60.1 Å². The molecule has 3 aromatic rings. The zero-order chi connectivity index (χ0) is 19.6. The normalized spacial score (nSPS) is 11.2. The molecule has 10 heteroatoms. The van der Waals surface area contributed by atoms with E-state index in [0.717, 1.165) is 0 Å². The monoisotopic (exact) mass is 450 g/mol. The Morgan fingerprint density at radius 1 is 1.07 bits per heavy atom. The van der Waals surface area contributed by atoms with Crippen molar-refractivity contribution >= 4 is 43.5 Å². The molecule has 0 radical (unpaired) electrons. The van der Waals surface area contributed by atoms with E-state index in [-0.39, 0.29) is 16.8 Å². The van der Waals surface area contributed by atoms with Crippen molar-refractivity contribution in [3.05, 3.63) is 64.3 Å². The van der Waals surface area contributed by atoms with E-state index in [2.05, 4.69) is 35.9 Å². The minimum Gasteiger partial charge on any atom is -0.465 e. The number of hydrogen-bond acceptors (Lipinski definition) is 6. The summed E-state index contributed by atoms with van der Waals surface area (Å²) in [6, 6.07) is 7.33. The molecule has 0 aliphatic rings. The van der Waals surface area contributed by atoms with Crippen LogP contribution in [0.5, 0.6) is 0 Å². The van der Waals surface area contributed by atoms with Gasteiger partial charge in [-0.15, -0.1) is 0 Å². The summed E-state index contributed by atoms with van der Waals surface area (Å²) in [5, 5.41) is 2.71. The van der Waals surface area contributed by atoms with Crippen LogP contribution in [0, 0.1) is 13.8 Å². The first-order chi connectivity index (χ1) is 12.8. The molecule has 0 spiro atoms. The number of nitrogens with one attached hydrogen (secondary N) is 2. The molecule has 1 amide bonds. The Hall–Kier alpha value is -2.72. The molecule has 3 rings (SSSR count). The summed E-state index contributed by atoms with van der Waals surface area (Å²) in [4.78, 5) is 20.1. The Morgan fingerprint density at radius 2 is 1.70 bits per heavy atom. The molecule has 0 atom stereocenters. The average Bonchev–Trinajstić information content (AvgIpc) is 2.88. The van der Waals surface area contributed by atoms with E-state index in [1.165, 1.54) is 36.7 Å². The van der Waals surface area contributed by atoms with Crippen LogP contribution < -0.4 is 10.0 Å². The number of sulfonamides is 1. The number of benzene rings is 1. The van der Waals surface area contributed by atoms with E-state index in [4.69, 9.17) is 4.42 Å². The third-order valence-electron chi connectivity index (χ3n) is 3.63. The second-order valence-electron chi connectivity index (χ2n) is 5.56. The predicted octanol–water partition coefficient (Wildman–Crippen LogP) is 3.50. The Kier molecular flexibility index (Phi) is 5.29. The van der Waals surface area contributed by atoms with Crippen LogP contribution in [0.3, 0.4) is 0 Å². The van der Waals surface area contributed by atoms with Gasteiger partial charge in [0.1, 0.15) is 11.5 Å². The first kappa shape index (κ1) is 19.1. The summed E-state index contributed by atoms with van der Waals surface area (Å²) >= 11 is 3.33. The van der Waals surface area contributed by atoms with Gasteiger partial charge in [-0.3, -0.25) is 4.79 Å². The van der Waals surface area contributed by atoms with Gasteiger partial charge in [0.05, 0.1) is 14.9 Å². The fraction of sp³-hybridized carbons (Fsp3) is 0.118. The smallest absolute Gasteiger partial charge is 0.264 e. The highest BCUT2D eigenvalue weighted by atomic mass is 79.9. The van der Waals surface area contributed by atoms with Gasteiger partial charge < -0.3 is 9.73 Å². The second-order valence-corrected chi connectivity index (χ2v) is 8.04. The maximum atomic E-state index is 12.4. The molecule has 140 valence electrons. The van der Waals surface area contributed by atoms with Crippen molar-refractivity contribution in [2.45, 2.75) is 18.7 Å². The summed E-state index contributed by atoms with van der Waals surface area (Å²) in [5.74, 6) is 0.713. The van der Waals surface area contributed by atoms with E-state index >= 15 is 0 Å². The number of halogens is 1. The lowest BCUT2D eigenvalue weighted by Crippen LogP contribution is -2.15. The van der Waals surface area contributed by atoms with Crippen molar-refractivity contribution < 1.29 is 17.6 Å². The number of rotatable bonds is 5. The lowest BCUT2D eigenvalue weighted by atomic mass is 10.2. The SMILES string of the molecule is Cc1oc(C)c(C(=O)Nc2ccc(S(=O)(=O)Nc3ncccn3)cc2)c1Br. The van der Waals surface area contributed by atoms with Crippen molar-refractivity contribution in [2.75, 3.05) is 10.0 Å².